The third-order valence-corrected chi connectivity index (χ3v) is 4.89. The lowest BCUT2D eigenvalue weighted by atomic mass is 9.89. The van der Waals surface area contributed by atoms with Gasteiger partial charge in [0.25, 0.3) is 0 Å². The SMILES string of the molecule is O=C(O)C1CC2CCC1N2c1cc(Br)ccc1C(F)(F)F. The van der Waals surface area contributed by atoms with Gasteiger partial charge in [-0.2, -0.15) is 13.2 Å². The number of aliphatic carboxylic acids is 1. The second-order valence-electron chi connectivity index (χ2n) is 5.55. The van der Waals surface area contributed by atoms with Crippen molar-refractivity contribution in [1.82, 2.24) is 0 Å². The van der Waals surface area contributed by atoms with E-state index in [2.05, 4.69) is 15.9 Å². The first-order valence-corrected chi connectivity index (χ1v) is 7.46. The van der Waals surface area contributed by atoms with E-state index in [1.807, 2.05) is 0 Å². The smallest absolute Gasteiger partial charge is 0.418 e. The molecule has 2 saturated heterocycles. The molecule has 114 valence electrons. The van der Waals surface area contributed by atoms with Crippen LogP contribution < -0.4 is 4.90 Å². The summed E-state index contributed by atoms with van der Waals surface area (Å²) < 4.78 is 40.2. The highest BCUT2D eigenvalue weighted by molar-refractivity contribution is 9.10. The number of benzene rings is 1. The molecule has 1 aromatic carbocycles. The number of carboxylic acids is 1. The molecular formula is C14H13BrF3NO2. The summed E-state index contributed by atoms with van der Waals surface area (Å²) in [6.07, 6.45) is -2.65. The number of hydrogen-bond acceptors (Lipinski definition) is 2. The molecule has 2 aliphatic heterocycles. The second-order valence-corrected chi connectivity index (χ2v) is 6.46. The van der Waals surface area contributed by atoms with Crippen LogP contribution in [0.2, 0.25) is 0 Å². The predicted octanol–water partition coefficient (Wildman–Crippen LogP) is 3.91. The molecule has 2 aliphatic rings. The Bertz CT molecular complexity index is 590. The molecule has 2 bridgehead atoms. The van der Waals surface area contributed by atoms with Crippen molar-refractivity contribution in [3.8, 4) is 0 Å². The first-order chi connectivity index (χ1) is 9.79. The summed E-state index contributed by atoms with van der Waals surface area (Å²) in [5, 5.41) is 9.23. The van der Waals surface area contributed by atoms with Crippen molar-refractivity contribution in [2.24, 2.45) is 5.92 Å². The fraction of sp³-hybridized carbons (Fsp3) is 0.500. The van der Waals surface area contributed by atoms with Gasteiger partial charge in [-0.05, 0) is 37.5 Å². The highest BCUT2D eigenvalue weighted by Gasteiger charge is 2.51. The van der Waals surface area contributed by atoms with Crippen LogP contribution in [0.25, 0.3) is 0 Å². The van der Waals surface area contributed by atoms with Crippen LogP contribution in [-0.4, -0.2) is 23.2 Å². The molecule has 2 heterocycles. The van der Waals surface area contributed by atoms with Crippen molar-refractivity contribution >= 4 is 27.6 Å². The number of carboxylic acid groups (broad SMARTS) is 1. The Labute approximate surface area is 127 Å². The zero-order valence-electron chi connectivity index (χ0n) is 10.9. The Morgan fingerprint density at radius 3 is 2.62 bits per heavy atom. The van der Waals surface area contributed by atoms with Gasteiger partial charge in [0.2, 0.25) is 0 Å². The van der Waals surface area contributed by atoms with Gasteiger partial charge >= 0.3 is 12.1 Å². The third-order valence-electron chi connectivity index (χ3n) is 4.40. The normalized spacial score (nSPS) is 28.2. The molecule has 0 saturated carbocycles. The maximum atomic E-state index is 13.2. The zero-order valence-corrected chi connectivity index (χ0v) is 12.5. The van der Waals surface area contributed by atoms with E-state index in [0.717, 1.165) is 12.5 Å². The van der Waals surface area contributed by atoms with Crippen molar-refractivity contribution in [3.05, 3.63) is 28.2 Å². The number of nitrogens with zero attached hydrogens (tertiary/aromatic N) is 1. The van der Waals surface area contributed by atoms with Gasteiger partial charge in [0.05, 0.1) is 17.2 Å². The maximum Gasteiger partial charge on any atom is 0.418 e. The molecule has 0 aliphatic carbocycles. The van der Waals surface area contributed by atoms with Gasteiger partial charge in [0.15, 0.2) is 0 Å². The number of carbonyl (C=O) groups is 1. The third kappa shape index (κ3) is 2.41. The minimum atomic E-state index is -4.45. The van der Waals surface area contributed by atoms with E-state index in [-0.39, 0.29) is 17.8 Å². The van der Waals surface area contributed by atoms with Crippen molar-refractivity contribution in [2.75, 3.05) is 4.90 Å². The van der Waals surface area contributed by atoms with Crippen LogP contribution in [-0.2, 0) is 11.0 Å². The molecule has 1 N–H and O–H groups in total. The minimum Gasteiger partial charge on any atom is -0.481 e. The molecule has 3 atom stereocenters. The molecule has 0 radical (unpaired) electrons. The molecule has 2 fully saturated rings. The van der Waals surface area contributed by atoms with Gasteiger partial charge in [-0.1, -0.05) is 15.9 Å². The van der Waals surface area contributed by atoms with Crippen molar-refractivity contribution in [1.29, 1.82) is 0 Å². The van der Waals surface area contributed by atoms with Crippen LogP contribution in [0, 0.1) is 5.92 Å². The lowest BCUT2D eigenvalue weighted by Gasteiger charge is -2.28. The van der Waals surface area contributed by atoms with Gasteiger partial charge in [-0.15, -0.1) is 0 Å². The number of alkyl halides is 3. The van der Waals surface area contributed by atoms with E-state index in [4.69, 9.17) is 0 Å². The van der Waals surface area contributed by atoms with Crippen LogP contribution in [0.5, 0.6) is 0 Å². The Balaban J connectivity index is 2.05. The molecule has 21 heavy (non-hydrogen) atoms. The fourth-order valence-electron chi connectivity index (χ4n) is 3.59. The van der Waals surface area contributed by atoms with Crippen molar-refractivity contribution in [3.63, 3.8) is 0 Å². The molecule has 0 spiro atoms. The molecular weight excluding hydrogens is 351 g/mol. The molecule has 3 nitrogen and oxygen atoms in total. The summed E-state index contributed by atoms with van der Waals surface area (Å²) in [5.41, 5.74) is -0.609. The summed E-state index contributed by atoms with van der Waals surface area (Å²) in [6.45, 7) is 0. The largest absolute Gasteiger partial charge is 0.481 e. The number of fused-ring (bicyclic) bond motifs is 2. The summed E-state index contributed by atoms with van der Waals surface area (Å²) in [4.78, 5) is 12.9. The topological polar surface area (TPSA) is 40.5 Å². The van der Waals surface area contributed by atoms with Gasteiger partial charge in [0.1, 0.15) is 0 Å². The molecule has 0 aromatic heterocycles. The van der Waals surface area contributed by atoms with E-state index in [1.54, 1.807) is 4.90 Å². The minimum absolute atomic E-state index is 0.0909. The average Bonchev–Trinajstić information content (AvgIpc) is 2.94. The van der Waals surface area contributed by atoms with Crippen LogP contribution in [0.4, 0.5) is 18.9 Å². The fourth-order valence-corrected chi connectivity index (χ4v) is 3.94. The Morgan fingerprint density at radius 1 is 1.33 bits per heavy atom. The van der Waals surface area contributed by atoms with E-state index >= 15 is 0 Å². The van der Waals surface area contributed by atoms with Crippen molar-refractivity contribution < 1.29 is 23.1 Å². The summed E-state index contributed by atoms with van der Waals surface area (Å²) in [6, 6.07) is 3.39. The van der Waals surface area contributed by atoms with E-state index in [1.165, 1.54) is 12.1 Å². The highest BCUT2D eigenvalue weighted by atomic mass is 79.9. The molecule has 3 rings (SSSR count). The number of halogens is 4. The maximum absolute atomic E-state index is 13.2. The molecule has 7 heteroatoms. The standard InChI is InChI=1S/C14H13BrF3NO2/c15-7-1-3-10(14(16,17)18)12(5-7)19-8-2-4-11(19)9(6-8)13(20)21/h1,3,5,8-9,11H,2,4,6H2,(H,20,21). The van der Waals surface area contributed by atoms with E-state index in [0.29, 0.717) is 17.3 Å². The summed E-state index contributed by atoms with van der Waals surface area (Å²) in [7, 11) is 0. The number of anilines is 1. The van der Waals surface area contributed by atoms with Gasteiger partial charge in [-0.25, -0.2) is 0 Å². The summed E-state index contributed by atoms with van der Waals surface area (Å²) in [5.74, 6) is -1.50. The first kappa shape index (κ1) is 14.7. The lowest BCUT2D eigenvalue weighted by Crippen LogP contribution is -2.34. The van der Waals surface area contributed by atoms with Crippen LogP contribution >= 0.6 is 15.9 Å². The Morgan fingerprint density at radius 2 is 2.05 bits per heavy atom. The molecule has 0 amide bonds. The van der Waals surface area contributed by atoms with Gasteiger partial charge in [-0.3, -0.25) is 4.79 Å². The van der Waals surface area contributed by atoms with Crippen LogP contribution in [0.15, 0.2) is 22.7 Å². The first-order valence-electron chi connectivity index (χ1n) is 6.67. The summed E-state index contributed by atoms with van der Waals surface area (Å²) >= 11 is 3.20. The van der Waals surface area contributed by atoms with E-state index < -0.39 is 23.6 Å². The average molecular weight is 364 g/mol. The van der Waals surface area contributed by atoms with Crippen LogP contribution in [0.3, 0.4) is 0 Å². The highest BCUT2D eigenvalue weighted by Crippen LogP contribution is 2.48. The second kappa shape index (κ2) is 4.90. The van der Waals surface area contributed by atoms with Crippen LogP contribution in [0.1, 0.15) is 24.8 Å². The molecule has 1 aromatic rings. The number of rotatable bonds is 2. The number of hydrogen-bond donors (Lipinski definition) is 1. The Hall–Kier alpha value is -1.24. The monoisotopic (exact) mass is 363 g/mol. The lowest BCUT2D eigenvalue weighted by molar-refractivity contribution is -0.142. The van der Waals surface area contributed by atoms with E-state index in [9.17, 15) is 23.1 Å². The molecule has 3 unspecified atom stereocenters. The Kier molecular flexibility index (Phi) is 3.43. The quantitative estimate of drug-likeness (QED) is 0.865. The van der Waals surface area contributed by atoms with Crippen molar-refractivity contribution in [2.45, 2.75) is 37.5 Å². The van der Waals surface area contributed by atoms with Gasteiger partial charge in [0, 0.05) is 16.6 Å². The predicted molar refractivity (Wildman–Crippen MR) is 74.2 cm³/mol. The van der Waals surface area contributed by atoms with Gasteiger partial charge < -0.3 is 10.0 Å². The zero-order chi connectivity index (χ0) is 15.4.